The van der Waals surface area contributed by atoms with E-state index in [0.717, 1.165) is 49.4 Å². The van der Waals surface area contributed by atoms with Crippen molar-refractivity contribution in [1.82, 2.24) is 52.2 Å². The number of hydrogen-bond acceptors (Lipinski definition) is 9. The summed E-state index contributed by atoms with van der Waals surface area (Å²) < 4.78 is 0. The van der Waals surface area contributed by atoms with E-state index in [4.69, 9.17) is 11.5 Å². The lowest BCUT2D eigenvalue weighted by atomic mass is 9.97. The molecule has 0 aliphatic heterocycles. The van der Waals surface area contributed by atoms with Crippen molar-refractivity contribution >= 4 is 80.0 Å². The van der Waals surface area contributed by atoms with E-state index >= 15 is 0 Å². The lowest BCUT2D eigenvalue weighted by Gasteiger charge is -2.25. The van der Waals surface area contributed by atoms with Gasteiger partial charge in [-0.05, 0) is 66.6 Å². The van der Waals surface area contributed by atoms with Crippen molar-refractivity contribution in [3.8, 4) is 0 Å². The number of carbonyl (C=O) groups is 8. The maximum atomic E-state index is 14.0. The molecule has 0 spiro atoms. The summed E-state index contributed by atoms with van der Waals surface area (Å²) >= 11 is 0. The van der Waals surface area contributed by atoms with Crippen LogP contribution in [0.25, 0.3) is 32.7 Å². The molecule has 0 bridgehead atoms. The van der Waals surface area contributed by atoms with Crippen molar-refractivity contribution in [1.29, 1.82) is 0 Å². The molecule has 1 unspecified atom stereocenters. The van der Waals surface area contributed by atoms with E-state index < -0.39 is 77.5 Å². The van der Waals surface area contributed by atoms with Crippen LogP contribution in [-0.4, -0.2) is 112 Å². The van der Waals surface area contributed by atoms with Crippen molar-refractivity contribution in [3.63, 3.8) is 0 Å². The molecule has 0 aliphatic rings. The van der Waals surface area contributed by atoms with E-state index in [1.165, 1.54) is 6.92 Å². The Morgan fingerprint density at radius 3 is 1.36 bits per heavy atom. The molecule has 0 fully saturated rings. The number of hydrogen-bond donors (Lipinski definition) is 12. The highest BCUT2D eigenvalue weighted by atomic mass is 16.2. The molecule has 8 amide bonds. The number of aromatic amines is 3. The van der Waals surface area contributed by atoms with Crippen LogP contribution in [0, 0.1) is 5.92 Å². The highest BCUT2D eigenvalue weighted by molar-refractivity contribution is 5.95. The molecule has 3 aromatic carbocycles. The van der Waals surface area contributed by atoms with Gasteiger partial charge in [0.25, 0.3) is 0 Å². The summed E-state index contributed by atoms with van der Waals surface area (Å²) in [5, 5.41) is 21.9. The van der Waals surface area contributed by atoms with Crippen LogP contribution in [0.2, 0.25) is 0 Å². The summed E-state index contributed by atoms with van der Waals surface area (Å²) in [6, 6.07) is 17.4. The minimum atomic E-state index is -1.11. The third kappa shape index (κ3) is 15.3. The Bertz CT molecular complexity index is 2890. The number of unbranched alkanes of at least 4 members (excludes halogenated alkanes) is 1. The number of amides is 8. The lowest BCUT2D eigenvalue weighted by molar-refractivity contribution is -0.132. The Morgan fingerprint density at radius 1 is 0.534 bits per heavy atom. The summed E-state index contributed by atoms with van der Waals surface area (Å²) in [5.41, 5.74) is 16.1. The van der Waals surface area contributed by atoms with Crippen LogP contribution in [0.3, 0.4) is 0 Å². The van der Waals surface area contributed by atoms with E-state index in [1.54, 1.807) is 25.5 Å². The van der Waals surface area contributed by atoms with Crippen molar-refractivity contribution in [2.24, 2.45) is 17.4 Å². The molecule has 73 heavy (non-hydrogen) atoms. The summed E-state index contributed by atoms with van der Waals surface area (Å²) in [7, 11) is 0. The van der Waals surface area contributed by atoms with Gasteiger partial charge in [0.1, 0.15) is 30.2 Å². The normalized spacial score (nSPS) is 13.8. The molecule has 3 aromatic heterocycles. The second kappa shape index (κ2) is 26.4. The third-order valence-corrected chi connectivity index (χ3v) is 13.0. The Hall–Kier alpha value is -8.00. The zero-order chi connectivity index (χ0) is 52.4. The van der Waals surface area contributed by atoms with Crippen molar-refractivity contribution in [2.45, 2.75) is 109 Å². The van der Waals surface area contributed by atoms with Gasteiger partial charge in [0.2, 0.25) is 47.3 Å². The molecule has 388 valence electrons. The van der Waals surface area contributed by atoms with Gasteiger partial charge in [-0.3, -0.25) is 38.4 Å². The van der Waals surface area contributed by atoms with Crippen molar-refractivity contribution in [3.05, 3.63) is 108 Å². The van der Waals surface area contributed by atoms with Gasteiger partial charge in [-0.15, -0.1) is 0 Å². The van der Waals surface area contributed by atoms with Gasteiger partial charge in [0, 0.05) is 103 Å². The van der Waals surface area contributed by atoms with Gasteiger partial charge in [-0.1, -0.05) is 74.9 Å². The van der Waals surface area contributed by atoms with E-state index in [0.29, 0.717) is 32.2 Å². The fourth-order valence-corrected chi connectivity index (χ4v) is 8.83. The predicted octanol–water partition coefficient (Wildman–Crippen LogP) is 2.28. The number of fused-ring (bicyclic) bond motifs is 3. The fourth-order valence-electron chi connectivity index (χ4n) is 8.83. The molecule has 20 heteroatoms. The molecule has 0 saturated carbocycles. The molecule has 6 aromatic rings. The largest absolute Gasteiger partial charge is 0.368 e. The Kier molecular flexibility index (Phi) is 19.7. The zero-order valence-electron chi connectivity index (χ0n) is 41.5. The molecule has 0 aliphatic carbocycles. The number of aromatic nitrogens is 3. The average Bonchev–Trinajstić information content (AvgIpc) is 4.11. The summed E-state index contributed by atoms with van der Waals surface area (Å²) in [5.74, 6) is -4.75. The van der Waals surface area contributed by atoms with E-state index in [9.17, 15) is 38.4 Å². The molecule has 0 saturated heterocycles. The molecule has 14 N–H and O–H groups in total. The fraction of sp³-hybridized carbons (Fsp3) is 0.396. The molecule has 6 rings (SSSR count). The average molecular weight is 1000 g/mol. The van der Waals surface area contributed by atoms with Crippen LogP contribution in [0.1, 0.15) is 76.0 Å². The van der Waals surface area contributed by atoms with Gasteiger partial charge in [-0.25, -0.2) is 0 Å². The number of carbonyl (C=O) groups excluding carboxylic acids is 8. The van der Waals surface area contributed by atoms with Crippen LogP contribution >= 0.6 is 0 Å². The van der Waals surface area contributed by atoms with E-state index in [1.807, 2.05) is 79.7 Å². The minimum Gasteiger partial charge on any atom is -0.368 e. The topological polar surface area (TPSA) is 320 Å². The highest BCUT2D eigenvalue weighted by Gasteiger charge is 2.31. The van der Waals surface area contributed by atoms with Gasteiger partial charge in [0.05, 0.1) is 0 Å². The van der Waals surface area contributed by atoms with E-state index in [2.05, 4.69) is 52.2 Å². The first-order chi connectivity index (χ1) is 35.1. The number of rotatable bonds is 28. The predicted molar refractivity (Wildman–Crippen MR) is 278 cm³/mol. The minimum absolute atomic E-state index is 0.0731. The van der Waals surface area contributed by atoms with Crippen molar-refractivity contribution < 1.29 is 38.4 Å². The molecule has 3 heterocycles. The molecular weight excluding hydrogens is 933 g/mol. The van der Waals surface area contributed by atoms with Crippen LogP contribution in [0.5, 0.6) is 0 Å². The summed E-state index contributed by atoms with van der Waals surface area (Å²) in [6.45, 7) is 5.09. The smallest absolute Gasteiger partial charge is 0.243 e. The SMILES string of the molecule is CCC(C)[C@H](NC(=O)[C@H](Cc1c[nH]c2ccccc12)NC(=O)CCNC(=O)[C@H](Cc1c[nH]c2ccccc12)NC(=O)CCNC(=O)[C@H](Cc1c[nH]c2ccccc12)NC(=O)[C@H](CCCCN)NC(C)=O)C(N)=O. The molecule has 6 atom stereocenters. The number of benzene rings is 3. The lowest BCUT2D eigenvalue weighted by Crippen LogP contribution is -2.55. The first kappa shape index (κ1) is 54.3. The highest BCUT2D eigenvalue weighted by Crippen LogP contribution is 2.22. The second-order valence-corrected chi connectivity index (χ2v) is 18.4. The van der Waals surface area contributed by atoms with Crippen LogP contribution < -0.4 is 48.7 Å². The number of nitrogens with two attached hydrogens (primary N) is 2. The van der Waals surface area contributed by atoms with Crippen LogP contribution in [-0.2, 0) is 57.6 Å². The maximum absolute atomic E-state index is 14.0. The number of nitrogens with one attached hydrogen (secondary N) is 10. The van der Waals surface area contributed by atoms with Crippen molar-refractivity contribution in [2.75, 3.05) is 19.6 Å². The number of H-pyrrole nitrogens is 3. The monoisotopic (exact) mass is 1000 g/mol. The first-order valence-electron chi connectivity index (χ1n) is 24.8. The maximum Gasteiger partial charge on any atom is 0.243 e. The molecule has 20 nitrogen and oxygen atoms in total. The Morgan fingerprint density at radius 2 is 0.945 bits per heavy atom. The first-order valence-corrected chi connectivity index (χ1v) is 24.8. The van der Waals surface area contributed by atoms with Gasteiger partial charge >= 0.3 is 0 Å². The Balaban J connectivity index is 1.11. The summed E-state index contributed by atoms with van der Waals surface area (Å²) in [4.78, 5) is 116. The second-order valence-electron chi connectivity index (χ2n) is 18.4. The Labute approximate surface area is 423 Å². The van der Waals surface area contributed by atoms with E-state index in [-0.39, 0.29) is 51.1 Å². The quantitative estimate of drug-likeness (QED) is 0.0321. The van der Waals surface area contributed by atoms with Gasteiger partial charge < -0.3 is 63.6 Å². The zero-order valence-corrected chi connectivity index (χ0v) is 41.5. The molecule has 0 radical (unpaired) electrons. The number of primary amides is 1. The van der Waals surface area contributed by atoms with Gasteiger partial charge in [0.15, 0.2) is 0 Å². The third-order valence-electron chi connectivity index (χ3n) is 13.0. The molecular formula is C53H68N12O8. The van der Waals surface area contributed by atoms with Gasteiger partial charge in [-0.2, -0.15) is 0 Å². The number of para-hydroxylation sites is 3. The van der Waals surface area contributed by atoms with Crippen LogP contribution in [0.4, 0.5) is 0 Å². The standard InChI is InChI=1S/C53H68N12O8/c1-4-31(2)48(49(55)69)65-53(73)45(27-35-30-60-41-18-10-7-15-38(35)41)63-47(68)21-23-56-50(70)43(25-33-28-58-39-16-8-5-13-36(33)39)62-46(67)20-24-57-51(71)44(26-34-29-59-40-17-9-6-14-37(34)40)64-52(72)42(61-32(3)66)19-11-12-22-54/h5-10,13-18,28-31,42-45,48,58-60H,4,11-12,19-27,54H2,1-3H3,(H2,55,69)(H,56,70)(H,57,71)(H,61,66)(H,62,67)(H,63,68)(H,64,72)(H,65,73)/t31?,42-,43-,44-,45-,48-/m0/s1. The van der Waals surface area contributed by atoms with Crippen LogP contribution in [0.15, 0.2) is 91.4 Å². The summed E-state index contributed by atoms with van der Waals surface area (Å²) in [6.07, 6.45) is 7.17.